The second-order valence-corrected chi connectivity index (χ2v) is 6.61. The number of anilines is 1. The van der Waals surface area contributed by atoms with E-state index in [-0.39, 0.29) is 18.0 Å². The monoisotopic (exact) mass is 414 g/mol. The van der Waals surface area contributed by atoms with Gasteiger partial charge in [-0.15, -0.1) is 12.4 Å². The smallest absolute Gasteiger partial charge is 0.414 e. The summed E-state index contributed by atoms with van der Waals surface area (Å²) < 4.78 is 5.43. The Hall–Kier alpha value is -1.79. The second kappa shape index (κ2) is 15.2. The zero-order valence-electron chi connectivity index (χ0n) is 17.4. The number of carboxylic acid groups (broad SMARTS) is 1. The predicted octanol–water partition coefficient (Wildman–Crippen LogP) is 5.06. The van der Waals surface area contributed by atoms with Crippen LogP contribution in [0.3, 0.4) is 0 Å². The number of rotatable bonds is 13. The average molecular weight is 415 g/mol. The average Bonchev–Trinajstić information content (AvgIpc) is 2.67. The van der Waals surface area contributed by atoms with E-state index >= 15 is 0 Å². The van der Waals surface area contributed by atoms with Crippen molar-refractivity contribution in [2.75, 3.05) is 37.7 Å². The Morgan fingerprint density at radius 3 is 1.93 bits per heavy atom. The fourth-order valence-electron chi connectivity index (χ4n) is 2.83. The van der Waals surface area contributed by atoms with Crippen molar-refractivity contribution < 1.29 is 19.4 Å². The fourth-order valence-corrected chi connectivity index (χ4v) is 2.83. The molecular formula is C21H35ClN2O4. The highest BCUT2D eigenvalue weighted by Gasteiger charge is 2.16. The van der Waals surface area contributed by atoms with E-state index in [1.54, 1.807) is 12.1 Å². The third-order valence-corrected chi connectivity index (χ3v) is 4.46. The van der Waals surface area contributed by atoms with Crippen LogP contribution in [0.4, 0.5) is 10.5 Å². The summed E-state index contributed by atoms with van der Waals surface area (Å²) in [5.41, 5.74) is 0.836. The zero-order valence-corrected chi connectivity index (χ0v) is 18.2. The summed E-state index contributed by atoms with van der Waals surface area (Å²) in [5, 5.41) is 8.97. The highest BCUT2D eigenvalue weighted by atomic mass is 35.5. The lowest BCUT2D eigenvalue weighted by atomic mass is 10.2. The molecule has 0 bridgehead atoms. The van der Waals surface area contributed by atoms with Gasteiger partial charge in [-0.25, -0.2) is 9.59 Å². The van der Waals surface area contributed by atoms with Crippen LogP contribution in [0, 0.1) is 0 Å². The van der Waals surface area contributed by atoms with Crippen LogP contribution in [0.2, 0.25) is 0 Å². The summed E-state index contributed by atoms with van der Waals surface area (Å²) in [5.74, 6) is -0.983. The first kappa shape index (κ1) is 26.2. The number of carbonyl (C=O) groups is 2. The van der Waals surface area contributed by atoms with Gasteiger partial charge in [0.25, 0.3) is 0 Å². The number of ether oxygens (including phenoxy) is 1. The lowest BCUT2D eigenvalue weighted by Gasteiger charge is -2.23. The Bertz CT molecular complexity index is 558. The standard InChI is InChI=1S/C21H34N2O4.ClH/c1-4-7-14-22(15-8-5-2)16-9-17-27-21(26)23(6-3)19-12-10-18(11-13-19)20(24)25;/h10-13H,4-9,14-17H2,1-3H3,(H,24,25);1H. The van der Waals surface area contributed by atoms with Crippen LogP contribution in [0.15, 0.2) is 24.3 Å². The van der Waals surface area contributed by atoms with Crippen molar-refractivity contribution in [1.29, 1.82) is 0 Å². The van der Waals surface area contributed by atoms with Gasteiger partial charge in [0.2, 0.25) is 0 Å². The summed E-state index contributed by atoms with van der Waals surface area (Å²) in [7, 11) is 0. The van der Waals surface area contributed by atoms with E-state index in [9.17, 15) is 9.59 Å². The highest BCUT2D eigenvalue weighted by molar-refractivity contribution is 5.90. The number of unbranched alkanes of at least 4 members (excludes halogenated alkanes) is 2. The largest absolute Gasteiger partial charge is 0.478 e. The van der Waals surface area contributed by atoms with E-state index in [0.717, 1.165) is 26.1 Å². The normalized spacial score (nSPS) is 10.4. The molecule has 0 radical (unpaired) electrons. The molecule has 7 heteroatoms. The van der Waals surface area contributed by atoms with Crippen LogP contribution >= 0.6 is 12.4 Å². The van der Waals surface area contributed by atoms with Gasteiger partial charge in [0.1, 0.15) is 0 Å². The van der Waals surface area contributed by atoms with Gasteiger partial charge in [0.05, 0.1) is 12.2 Å². The van der Waals surface area contributed by atoms with Crippen molar-refractivity contribution in [3.05, 3.63) is 29.8 Å². The number of halogens is 1. The van der Waals surface area contributed by atoms with E-state index in [0.29, 0.717) is 18.8 Å². The van der Waals surface area contributed by atoms with Crippen molar-refractivity contribution in [3.8, 4) is 0 Å². The van der Waals surface area contributed by atoms with Crippen molar-refractivity contribution in [1.82, 2.24) is 4.90 Å². The number of benzene rings is 1. The first-order valence-electron chi connectivity index (χ1n) is 10.0. The molecule has 1 N–H and O–H groups in total. The van der Waals surface area contributed by atoms with Crippen LogP contribution in [-0.4, -0.2) is 54.9 Å². The quantitative estimate of drug-likeness (QED) is 0.456. The number of hydrogen-bond acceptors (Lipinski definition) is 4. The lowest BCUT2D eigenvalue weighted by Crippen LogP contribution is -2.32. The van der Waals surface area contributed by atoms with E-state index in [4.69, 9.17) is 9.84 Å². The van der Waals surface area contributed by atoms with E-state index in [2.05, 4.69) is 18.7 Å². The molecule has 0 atom stereocenters. The number of carbonyl (C=O) groups excluding carboxylic acids is 1. The molecule has 0 aliphatic carbocycles. The van der Waals surface area contributed by atoms with Crippen molar-refractivity contribution in [3.63, 3.8) is 0 Å². The van der Waals surface area contributed by atoms with E-state index in [1.807, 2.05) is 6.92 Å². The molecule has 0 heterocycles. The predicted molar refractivity (Wildman–Crippen MR) is 116 cm³/mol. The van der Waals surface area contributed by atoms with Gasteiger partial charge < -0.3 is 14.7 Å². The molecule has 1 aromatic rings. The van der Waals surface area contributed by atoms with Gasteiger partial charge in [0.15, 0.2) is 0 Å². The Morgan fingerprint density at radius 1 is 0.929 bits per heavy atom. The molecule has 28 heavy (non-hydrogen) atoms. The molecule has 1 aromatic carbocycles. The topological polar surface area (TPSA) is 70.1 Å². The molecule has 1 amide bonds. The molecule has 0 aromatic heterocycles. The molecule has 6 nitrogen and oxygen atoms in total. The molecule has 0 fully saturated rings. The Kier molecular flexibility index (Phi) is 14.2. The summed E-state index contributed by atoms with van der Waals surface area (Å²) >= 11 is 0. The lowest BCUT2D eigenvalue weighted by molar-refractivity contribution is 0.0697. The first-order valence-corrected chi connectivity index (χ1v) is 10.0. The third kappa shape index (κ3) is 9.42. The molecule has 0 aliphatic heterocycles. The minimum absolute atomic E-state index is 0. The molecule has 0 saturated heterocycles. The van der Waals surface area contributed by atoms with Crippen molar-refractivity contribution in [2.45, 2.75) is 52.9 Å². The van der Waals surface area contributed by atoms with Crippen LogP contribution in [-0.2, 0) is 4.74 Å². The Balaban J connectivity index is 0.00000729. The van der Waals surface area contributed by atoms with Gasteiger partial charge in [-0.2, -0.15) is 0 Å². The number of nitrogens with zero attached hydrogens (tertiary/aromatic N) is 2. The molecule has 160 valence electrons. The third-order valence-electron chi connectivity index (χ3n) is 4.46. The molecular weight excluding hydrogens is 380 g/mol. The van der Waals surface area contributed by atoms with Gasteiger partial charge in [0, 0.05) is 18.8 Å². The van der Waals surface area contributed by atoms with Crippen LogP contribution in [0.5, 0.6) is 0 Å². The maximum absolute atomic E-state index is 12.4. The summed E-state index contributed by atoms with van der Waals surface area (Å²) in [6.07, 6.45) is 5.18. The molecule has 0 saturated carbocycles. The highest BCUT2D eigenvalue weighted by Crippen LogP contribution is 2.16. The number of carboxylic acids is 1. The molecule has 0 aliphatic rings. The maximum Gasteiger partial charge on any atom is 0.414 e. The minimum Gasteiger partial charge on any atom is -0.478 e. The van der Waals surface area contributed by atoms with Crippen LogP contribution < -0.4 is 4.90 Å². The molecule has 0 spiro atoms. The van der Waals surface area contributed by atoms with E-state index in [1.165, 1.54) is 42.7 Å². The van der Waals surface area contributed by atoms with Crippen LogP contribution in [0.25, 0.3) is 0 Å². The number of aromatic carboxylic acids is 1. The number of amides is 1. The zero-order chi connectivity index (χ0) is 20.1. The first-order chi connectivity index (χ1) is 13.0. The Morgan fingerprint density at radius 2 is 1.46 bits per heavy atom. The van der Waals surface area contributed by atoms with Crippen molar-refractivity contribution in [2.24, 2.45) is 0 Å². The maximum atomic E-state index is 12.4. The Labute approximate surface area is 175 Å². The molecule has 1 rings (SSSR count). The SMILES string of the molecule is CCCCN(CCCC)CCCOC(=O)N(CC)c1ccc(C(=O)O)cc1.Cl. The van der Waals surface area contributed by atoms with Crippen LogP contribution in [0.1, 0.15) is 63.2 Å². The number of hydrogen-bond donors (Lipinski definition) is 1. The van der Waals surface area contributed by atoms with E-state index < -0.39 is 12.1 Å². The van der Waals surface area contributed by atoms with Gasteiger partial charge in [-0.3, -0.25) is 4.90 Å². The fraction of sp³-hybridized carbons (Fsp3) is 0.619. The minimum atomic E-state index is -0.983. The second-order valence-electron chi connectivity index (χ2n) is 6.61. The summed E-state index contributed by atoms with van der Waals surface area (Å²) in [4.78, 5) is 27.3. The summed E-state index contributed by atoms with van der Waals surface area (Å²) in [6.45, 7) is 10.2. The summed E-state index contributed by atoms with van der Waals surface area (Å²) in [6, 6.07) is 6.25. The van der Waals surface area contributed by atoms with Gasteiger partial charge >= 0.3 is 12.1 Å². The van der Waals surface area contributed by atoms with Crippen molar-refractivity contribution >= 4 is 30.2 Å². The molecule has 0 unspecified atom stereocenters. The van der Waals surface area contributed by atoms with Gasteiger partial charge in [-0.05, 0) is 63.5 Å². The van der Waals surface area contributed by atoms with Gasteiger partial charge in [-0.1, -0.05) is 26.7 Å².